The number of allylic oxidation sites excluding steroid dienone is 1. The molecule has 0 saturated heterocycles. The highest BCUT2D eigenvalue weighted by Gasteiger charge is 2.22. The van der Waals surface area contributed by atoms with E-state index in [0.29, 0.717) is 0 Å². The maximum absolute atomic E-state index is 2.32. The minimum atomic E-state index is 0.253. The van der Waals surface area contributed by atoms with Crippen LogP contribution in [0.4, 0.5) is 0 Å². The largest absolute Gasteiger partial charge is 0.129 e. The van der Waals surface area contributed by atoms with Gasteiger partial charge in [-0.3, -0.25) is 0 Å². The first-order valence-corrected chi connectivity index (χ1v) is 6.04. The Bertz CT molecular complexity index is 369. The van der Waals surface area contributed by atoms with E-state index in [1.165, 1.54) is 16.7 Å². The second-order valence-corrected chi connectivity index (χ2v) is 5.61. The number of benzene rings is 1. The zero-order valence-electron chi connectivity index (χ0n) is 9.00. The quantitative estimate of drug-likeness (QED) is 0.606. The molecule has 0 nitrogen and oxygen atoms in total. The maximum Gasteiger partial charge on any atom is 0.0232 e. The van der Waals surface area contributed by atoms with Crippen LogP contribution in [0, 0.1) is 5.41 Å². The van der Waals surface area contributed by atoms with Gasteiger partial charge in [-0.05, 0) is 27.5 Å². The van der Waals surface area contributed by atoms with Crippen molar-refractivity contribution in [2.45, 2.75) is 26.5 Å². The summed E-state index contributed by atoms with van der Waals surface area (Å²) in [6, 6.07) is 8.74. The van der Waals surface area contributed by atoms with Gasteiger partial charge in [0, 0.05) is 5.75 Å². The van der Waals surface area contributed by atoms with Gasteiger partial charge < -0.3 is 0 Å². The number of hydrogen-bond acceptors (Lipinski definition) is 1. The van der Waals surface area contributed by atoms with Crippen LogP contribution in [0.25, 0.3) is 5.57 Å². The second-order valence-electron chi connectivity index (χ2n) is 4.75. The molecule has 0 amide bonds. The summed E-state index contributed by atoms with van der Waals surface area (Å²) in [5, 5.41) is 2.32. The Balaban J connectivity index is 2.51. The summed E-state index contributed by atoms with van der Waals surface area (Å²) in [4.78, 5) is 0. The van der Waals surface area contributed by atoms with Gasteiger partial charge in [0.05, 0.1) is 0 Å². The minimum absolute atomic E-state index is 0.253. The molecule has 0 radical (unpaired) electrons. The summed E-state index contributed by atoms with van der Waals surface area (Å²) in [7, 11) is 0. The van der Waals surface area contributed by atoms with Crippen molar-refractivity contribution >= 4 is 17.3 Å². The van der Waals surface area contributed by atoms with Crippen LogP contribution in [0.15, 0.2) is 29.7 Å². The average Bonchev–Trinajstić information content (AvgIpc) is 2.15. The van der Waals surface area contributed by atoms with Crippen molar-refractivity contribution in [3.63, 3.8) is 0 Å². The molecule has 0 aliphatic carbocycles. The van der Waals surface area contributed by atoms with Gasteiger partial charge in [-0.1, -0.05) is 45.0 Å². The molecule has 0 unspecified atom stereocenters. The normalized spacial score (nSPS) is 16.1. The van der Waals surface area contributed by atoms with Crippen LogP contribution in [0.3, 0.4) is 0 Å². The van der Waals surface area contributed by atoms with Crippen LogP contribution in [0.1, 0.15) is 31.9 Å². The molecular formula is C13H16S. The van der Waals surface area contributed by atoms with Crippen LogP contribution in [0.2, 0.25) is 0 Å². The fourth-order valence-corrected chi connectivity index (χ4v) is 2.93. The molecule has 0 atom stereocenters. The molecule has 1 aliphatic rings. The summed E-state index contributed by atoms with van der Waals surface area (Å²) in [6.45, 7) is 6.84. The number of rotatable bonds is 0. The molecule has 2 rings (SSSR count). The molecule has 14 heavy (non-hydrogen) atoms. The van der Waals surface area contributed by atoms with E-state index in [2.05, 4.69) is 50.4 Å². The molecule has 1 aliphatic heterocycles. The van der Waals surface area contributed by atoms with E-state index < -0.39 is 0 Å². The Morgan fingerprint density at radius 3 is 2.57 bits per heavy atom. The van der Waals surface area contributed by atoms with E-state index in [-0.39, 0.29) is 5.41 Å². The Labute approximate surface area is 90.4 Å². The van der Waals surface area contributed by atoms with E-state index in [4.69, 9.17) is 0 Å². The van der Waals surface area contributed by atoms with Crippen molar-refractivity contribution < 1.29 is 0 Å². The molecule has 0 bridgehead atoms. The highest BCUT2D eigenvalue weighted by atomic mass is 32.2. The lowest BCUT2D eigenvalue weighted by Gasteiger charge is -2.27. The molecule has 1 aromatic rings. The van der Waals surface area contributed by atoms with Crippen LogP contribution in [0.5, 0.6) is 0 Å². The first kappa shape index (κ1) is 9.85. The van der Waals surface area contributed by atoms with Crippen molar-refractivity contribution in [2.24, 2.45) is 5.41 Å². The topological polar surface area (TPSA) is 0 Å². The highest BCUT2D eigenvalue weighted by molar-refractivity contribution is 8.01. The van der Waals surface area contributed by atoms with Gasteiger partial charge in [0.2, 0.25) is 0 Å². The number of fused-ring (bicyclic) bond motifs is 1. The van der Waals surface area contributed by atoms with Crippen LogP contribution in [-0.2, 0) is 5.75 Å². The highest BCUT2D eigenvalue weighted by Crippen LogP contribution is 2.41. The molecule has 1 aromatic carbocycles. The number of hydrogen-bond donors (Lipinski definition) is 0. The zero-order chi connectivity index (χ0) is 10.2. The Morgan fingerprint density at radius 1 is 1.14 bits per heavy atom. The summed E-state index contributed by atoms with van der Waals surface area (Å²) in [5.74, 6) is 1.12. The molecule has 0 fully saturated rings. The van der Waals surface area contributed by atoms with Crippen molar-refractivity contribution in [3.05, 3.63) is 40.8 Å². The third-order valence-electron chi connectivity index (χ3n) is 2.56. The lowest BCUT2D eigenvalue weighted by Crippen LogP contribution is -2.11. The van der Waals surface area contributed by atoms with E-state index in [1.807, 2.05) is 11.8 Å². The summed E-state index contributed by atoms with van der Waals surface area (Å²) >= 11 is 1.91. The van der Waals surface area contributed by atoms with Crippen LogP contribution >= 0.6 is 11.8 Å². The molecule has 0 saturated carbocycles. The first-order valence-electron chi connectivity index (χ1n) is 4.99. The smallest absolute Gasteiger partial charge is 0.0232 e. The summed E-state index contributed by atoms with van der Waals surface area (Å²) in [5.41, 5.74) is 4.65. The predicted molar refractivity (Wildman–Crippen MR) is 65.2 cm³/mol. The van der Waals surface area contributed by atoms with Crippen molar-refractivity contribution in [1.29, 1.82) is 0 Å². The average molecular weight is 204 g/mol. The zero-order valence-corrected chi connectivity index (χ0v) is 9.82. The van der Waals surface area contributed by atoms with E-state index in [0.717, 1.165) is 5.75 Å². The van der Waals surface area contributed by atoms with Gasteiger partial charge >= 0.3 is 0 Å². The van der Waals surface area contributed by atoms with Crippen LogP contribution < -0.4 is 0 Å². The fraction of sp³-hybridized carbons (Fsp3) is 0.385. The predicted octanol–water partition coefficient (Wildman–Crippen LogP) is 4.32. The molecule has 0 aromatic heterocycles. The molecule has 1 heterocycles. The Morgan fingerprint density at radius 2 is 1.86 bits per heavy atom. The van der Waals surface area contributed by atoms with Gasteiger partial charge in [-0.2, -0.15) is 0 Å². The lowest BCUT2D eigenvalue weighted by molar-refractivity contribution is 0.567. The van der Waals surface area contributed by atoms with Crippen LogP contribution in [-0.4, -0.2) is 0 Å². The molecule has 0 spiro atoms. The van der Waals surface area contributed by atoms with Gasteiger partial charge in [-0.25, -0.2) is 0 Å². The number of thioether (sulfide) groups is 1. The fourth-order valence-electron chi connectivity index (χ4n) is 1.77. The standard InChI is InChI=1S/C13H16S/c1-13(2,3)12-9-14-8-10-6-4-5-7-11(10)12/h4-7,9H,8H2,1-3H3. The lowest BCUT2D eigenvalue weighted by atomic mass is 9.81. The summed E-state index contributed by atoms with van der Waals surface area (Å²) < 4.78 is 0. The van der Waals surface area contributed by atoms with Crippen molar-refractivity contribution in [3.8, 4) is 0 Å². The summed E-state index contributed by atoms with van der Waals surface area (Å²) in [6.07, 6.45) is 0. The maximum atomic E-state index is 2.32. The third kappa shape index (κ3) is 1.74. The van der Waals surface area contributed by atoms with Gasteiger partial charge in [0.25, 0.3) is 0 Å². The van der Waals surface area contributed by atoms with Gasteiger partial charge in [0.15, 0.2) is 0 Å². The van der Waals surface area contributed by atoms with Gasteiger partial charge in [0.1, 0.15) is 0 Å². The molecular weight excluding hydrogens is 188 g/mol. The van der Waals surface area contributed by atoms with E-state index in [9.17, 15) is 0 Å². The molecule has 1 heteroatoms. The van der Waals surface area contributed by atoms with Crippen molar-refractivity contribution in [1.82, 2.24) is 0 Å². The SMILES string of the molecule is CC(C)(C)C1=CSCc2ccccc21. The minimum Gasteiger partial charge on any atom is -0.129 e. The van der Waals surface area contributed by atoms with E-state index >= 15 is 0 Å². The van der Waals surface area contributed by atoms with Gasteiger partial charge in [-0.15, -0.1) is 11.8 Å². The second kappa shape index (κ2) is 3.47. The Hall–Kier alpha value is -0.690. The monoisotopic (exact) mass is 204 g/mol. The Kier molecular flexibility index (Phi) is 2.44. The molecule has 0 N–H and O–H groups in total. The van der Waals surface area contributed by atoms with E-state index in [1.54, 1.807) is 0 Å². The first-order chi connectivity index (χ1) is 6.59. The third-order valence-corrected chi connectivity index (χ3v) is 3.44. The van der Waals surface area contributed by atoms with Crippen molar-refractivity contribution in [2.75, 3.05) is 0 Å². The molecule has 74 valence electrons.